The van der Waals surface area contributed by atoms with Crippen LogP contribution in [0.3, 0.4) is 0 Å². The molecule has 0 aliphatic carbocycles. The molecule has 6 heteroatoms. The first kappa shape index (κ1) is 11.8. The number of hydrogen-bond donors (Lipinski definition) is 1. The molecule has 1 N–H and O–H groups in total. The van der Waals surface area contributed by atoms with Gasteiger partial charge in [-0.3, -0.25) is 0 Å². The number of pyridine rings is 1. The van der Waals surface area contributed by atoms with E-state index in [4.69, 9.17) is 0 Å². The second-order valence-electron chi connectivity index (χ2n) is 4.49. The summed E-state index contributed by atoms with van der Waals surface area (Å²) in [4.78, 5) is 14.4. The maximum atomic E-state index is 12.7. The van der Waals surface area contributed by atoms with E-state index in [1.165, 1.54) is 12.4 Å². The summed E-state index contributed by atoms with van der Waals surface area (Å²) >= 11 is 0. The molecular weight excluding hydrogens is 245 g/mol. The van der Waals surface area contributed by atoms with Gasteiger partial charge in [-0.15, -0.1) is 0 Å². The van der Waals surface area contributed by atoms with Crippen molar-refractivity contribution in [3.05, 3.63) is 42.6 Å². The quantitative estimate of drug-likeness (QED) is 0.909. The van der Waals surface area contributed by atoms with Crippen LogP contribution in [0.25, 0.3) is 0 Å². The Morgan fingerprint density at radius 1 is 1.21 bits per heavy atom. The fourth-order valence-electron chi connectivity index (χ4n) is 2.20. The van der Waals surface area contributed by atoms with Crippen molar-refractivity contribution in [2.45, 2.75) is 12.5 Å². The highest BCUT2D eigenvalue weighted by Crippen LogP contribution is 2.19. The molecule has 1 saturated heterocycles. The van der Waals surface area contributed by atoms with Crippen molar-refractivity contribution in [1.82, 2.24) is 15.0 Å². The van der Waals surface area contributed by atoms with E-state index in [0.717, 1.165) is 25.3 Å². The number of aromatic nitrogens is 3. The van der Waals surface area contributed by atoms with Crippen LogP contribution in [0.15, 0.2) is 36.8 Å². The van der Waals surface area contributed by atoms with Gasteiger partial charge in [-0.25, -0.2) is 19.3 Å². The normalized spacial score (nSPS) is 18.6. The summed E-state index contributed by atoms with van der Waals surface area (Å²) < 4.78 is 12.7. The van der Waals surface area contributed by atoms with E-state index in [2.05, 4.69) is 25.2 Å². The van der Waals surface area contributed by atoms with Gasteiger partial charge < -0.3 is 10.2 Å². The zero-order valence-corrected chi connectivity index (χ0v) is 10.3. The van der Waals surface area contributed by atoms with Gasteiger partial charge in [0.05, 0.1) is 12.4 Å². The molecule has 98 valence electrons. The Balaban J connectivity index is 1.62. The molecule has 0 saturated carbocycles. The average Bonchev–Trinajstić information content (AvgIpc) is 2.91. The first-order valence-electron chi connectivity index (χ1n) is 6.21. The molecule has 1 unspecified atom stereocenters. The van der Waals surface area contributed by atoms with E-state index in [9.17, 15) is 4.39 Å². The molecule has 0 amide bonds. The maximum Gasteiger partial charge on any atom is 0.223 e. The van der Waals surface area contributed by atoms with Crippen molar-refractivity contribution in [1.29, 1.82) is 0 Å². The largest absolute Gasteiger partial charge is 0.354 e. The van der Waals surface area contributed by atoms with Gasteiger partial charge in [0.2, 0.25) is 5.95 Å². The highest BCUT2D eigenvalue weighted by molar-refractivity contribution is 5.41. The van der Waals surface area contributed by atoms with E-state index in [-0.39, 0.29) is 6.04 Å². The van der Waals surface area contributed by atoms with Gasteiger partial charge in [0.25, 0.3) is 0 Å². The lowest BCUT2D eigenvalue weighted by Gasteiger charge is -2.17. The Hall–Kier alpha value is -2.24. The molecule has 2 aromatic rings. The van der Waals surface area contributed by atoms with E-state index in [0.29, 0.717) is 5.95 Å². The third kappa shape index (κ3) is 2.78. The van der Waals surface area contributed by atoms with Crippen LogP contribution in [0.1, 0.15) is 6.42 Å². The Morgan fingerprint density at radius 2 is 2.05 bits per heavy atom. The molecule has 5 nitrogen and oxygen atoms in total. The minimum Gasteiger partial charge on any atom is -0.354 e. The number of nitrogens with zero attached hydrogens (tertiary/aromatic N) is 4. The molecule has 0 aromatic carbocycles. The Bertz CT molecular complexity index is 530. The molecule has 0 bridgehead atoms. The zero-order chi connectivity index (χ0) is 13.1. The zero-order valence-electron chi connectivity index (χ0n) is 10.3. The molecule has 1 aliphatic heterocycles. The summed E-state index contributed by atoms with van der Waals surface area (Å²) in [7, 11) is 0. The number of hydrogen-bond acceptors (Lipinski definition) is 5. The molecule has 2 aromatic heterocycles. The Labute approximate surface area is 110 Å². The minimum atomic E-state index is -0.424. The topological polar surface area (TPSA) is 53.9 Å². The number of anilines is 2. The first-order valence-corrected chi connectivity index (χ1v) is 6.21. The van der Waals surface area contributed by atoms with Crippen LogP contribution in [0.5, 0.6) is 0 Å². The van der Waals surface area contributed by atoms with Gasteiger partial charge in [-0.1, -0.05) is 6.07 Å². The van der Waals surface area contributed by atoms with Crippen LogP contribution in [-0.4, -0.2) is 34.1 Å². The predicted molar refractivity (Wildman–Crippen MR) is 70.5 cm³/mol. The molecule has 0 radical (unpaired) electrons. The molecule has 1 atom stereocenters. The summed E-state index contributed by atoms with van der Waals surface area (Å²) in [5, 5.41) is 3.21. The Morgan fingerprint density at radius 3 is 2.79 bits per heavy atom. The fraction of sp³-hybridized carbons (Fsp3) is 0.308. The van der Waals surface area contributed by atoms with Gasteiger partial charge in [0.1, 0.15) is 5.82 Å². The summed E-state index contributed by atoms with van der Waals surface area (Å²) in [6, 6.07) is 6.14. The summed E-state index contributed by atoms with van der Waals surface area (Å²) in [5.41, 5.74) is 0. The number of halogens is 1. The van der Waals surface area contributed by atoms with Crippen molar-refractivity contribution in [3.8, 4) is 0 Å². The van der Waals surface area contributed by atoms with Gasteiger partial charge in [-0.2, -0.15) is 0 Å². The van der Waals surface area contributed by atoms with E-state index in [1.54, 1.807) is 6.20 Å². The lowest BCUT2D eigenvalue weighted by molar-refractivity contribution is 0.613. The fourth-order valence-corrected chi connectivity index (χ4v) is 2.20. The predicted octanol–water partition coefficient (Wildman–Crippen LogP) is 1.70. The average molecular weight is 259 g/mol. The van der Waals surface area contributed by atoms with Crippen molar-refractivity contribution in [2.75, 3.05) is 23.3 Å². The Kier molecular flexibility index (Phi) is 3.22. The molecule has 0 spiro atoms. The SMILES string of the molecule is Fc1cnc(NC2CCN(c3ccccn3)C2)nc1. The standard InChI is InChI=1S/C13H14FN5/c14-10-7-16-13(17-8-10)18-11-4-6-19(9-11)12-3-1-2-5-15-12/h1-3,5,7-8,11H,4,6,9H2,(H,16,17,18). The van der Waals surface area contributed by atoms with Crippen LogP contribution < -0.4 is 10.2 Å². The van der Waals surface area contributed by atoms with E-state index >= 15 is 0 Å². The van der Waals surface area contributed by atoms with Gasteiger partial charge in [0.15, 0.2) is 5.82 Å². The second kappa shape index (κ2) is 5.17. The molecule has 3 rings (SSSR count). The summed E-state index contributed by atoms with van der Waals surface area (Å²) in [6.07, 6.45) is 5.11. The third-order valence-corrected chi connectivity index (χ3v) is 3.12. The number of rotatable bonds is 3. The first-order chi connectivity index (χ1) is 9.31. The molecule has 1 aliphatic rings. The summed E-state index contributed by atoms with van der Waals surface area (Å²) in [6.45, 7) is 1.79. The van der Waals surface area contributed by atoms with Crippen LogP contribution in [-0.2, 0) is 0 Å². The van der Waals surface area contributed by atoms with Crippen LogP contribution in [0, 0.1) is 5.82 Å². The van der Waals surface area contributed by atoms with Crippen LogP contribution in [0.2, 0.25) is 0 Å². The van der Waals surface area contributed by atoms with Crippen molar-refractivity contribution in [2.24, 2.45) is 0 Å². The van der Waals surface area contributed by atoms with Gasteiger partial charge in [-0.05, 0) is 18.6 Å². The molecular formula is C13H14FN5. The minimum absolute atomic E-state index is 0.257. The van der Waals surface area contributed by atoms with Crippen molar-refractivity contribution >= 4 is 11.8 Å². The highest BCUT2D eigenvalue weighted by atomic mass is 19.1. The van der Waals surface area contributed by atoms with Crippen molar-refractivity contribution < 1.29 is 4.39 Å². The molecule has 19 heavy (non-hydrogen) atoms. The van der Waals surface area contributed by atoms with E-state index < -0.39 is 5.82 Å². The second-order valence-corrected chi connectivity index (χ2v) is 4.49. The molecule has 1 fully saturated rings. The highest BCUT2D eigenvalue weighted by Gasteiger charge is 2.23. The van der Waals surface area contributed by atoms with Crippen LogP contribution in [0.4, 0.5) is 16.2 Å². The smallest absolute Gasteiger partial charge is 0.223 e. The maximum absolute atomic E-state index is 12.7. The van der Waals surface area contributed by atoms with E-state index in [1.807, 2.05) is 18.2 Å². The monoisotopic (exact) mass is 259 g/mol. The van der Waals surface area contributed by atoms with Gasteiger partial charge >= 0.3 is 0 Å². The lowest BCUT2D eigenvalue weighted by Crippen LogP contribution is -2.27. The summed E-state index contributed by atoms with van der Waals surface area (Å²) in [5.74, 6) is 1.02. The lowest BCUT2D eigenvalue weighted by atomic mass is 10.3. The van der Waals surface area contributed by atoms with Crippen LogP contribution >= 0.6 is 0 Å². The van der Waals surface area contributed by atoms with Crippen molar-refractivity contribution in [3.63, 3.8) is 0 Å². The third-order valence-electron chi connectivity index (χ3n) is 3.12. The molecule has 3 heterocycles. The number of nitrogens with one attached hydrogen (secondary N) is 1. The van der Waals surface area contributed by atoms with Gasteiger partial charge in [0, 0.05) is 25.3 Å².